The summed E-state index contributed by atoms with van der Waals surface area (Å²) in [6.07, 6.45) is 0. The van der Waals surface area contributed by atoms with Crippen molar-refractivity contribution in [2.75, 3.05) is 6.61 Å². The Hall–Kier alpha value is -3.45. The van der Waals surface area contributed by atoms with Crippen LogP contribution in [0, 0.1) is 6.92 Å². The first-order valence-corrected chi connectivity index (χ1v) is 8.64. The molecule has 0 bridgehead atoms. The summed E-state index contributed by atoms with van der Waals surface area (Å²) >= 11 is 0. The van der Waals surface area contributed by atoms with Gasteiger partial charge in [-0.1, -0.05) is 42.5 Å². The maximum Gasteiger partial charge on any atom is 0.349 e. The lowest BCUT2D eigenvalue weighted by Crippen LogP contribution is -2.45. The zero-order valence-electron chi connectivity index (χ0n) is 15.2. The van der Waals surface area contributed by atoms with Gasteiger partial charge in [0.1, 0.15) is 11.1 Å². The van der Waals surface area contributed by atoms with Gasteiger partial charge in [0.05, 0.1) is 13.2 Å². The molecule has 3 rings (SSSR count). The SMILES string of the molecule is Cc1ccc2cc(C(=O)NC(COCc3ccccc3)C(=O)O)c(=O)oc2c1. The molecule has 0 aliphatic rings. The van der Waals surface area contributed by atoms with E-state index in [9.17, 15) is 19.5 Å². The van der Waals surface area contributed by atoms with Gasteiger partial charge in [-0.25, -0.2) is 9.59 Å². The number of benzene rings is 2. The second kappa shape index (κ2) is 8.49. The molecule has 0 fully saturated rings. The van der Waals surface area contributed by atoms with Crippen molar-refractivity contribution in [1.29, 1.82) is 0 Å². The molecule has 7 heteroatoms. The number of aliphatic carboxylic acids is 1. The monoisotopic (exact) mass is 381 g/mol. The van der Waals surface area contributed by atoms with Gasteiger partial charge in [-0.05, 0) is 30.2 Å². The topological polar surface area (TPSA) is 106 Å². The molecule has 0 saturated carbocycles. The number of rotatable bonds is 7. The van der Waals surface area contributed by atoms with Crippen LogP contribution in [0.15, 0.2) is 63.8 Å². The molecule has 7 nitrogen and oxygen atoms in total. The number of carbonyl (C=O) groups is 2. The van der Waals surface area contributed by atoms with Crippen molar-refractivity contribution >= 4 is 22.8 Å². The van der Waals surface area contributed by atoms with Crippen molar-refractivity contribution in [1.82, 2.24) is 5.32 Å². The van der Waals surface area contributed by atoms with Crippen molar-refractivity contribution in [2.45, 2.75) is 19.6 Å². The highest BCUT2D eigenvalue weighted by Crippen LogP contribution is 2.15. The largest absolute Gasteiger partial charge is 0.480 e. The van der Waals surface area contributed by atoms with E-state index in [1.165, 1.54) is 6.07 Å². The average molecular weight is 381 g/mol. The molecule has 0 saturated heterocycles. The van der Waals surface area contributed by atoms with Crippen LogP contribution in [0.4, 0.5) is 0 Å². The molecule has 144 valence electrons. The Morgan fingerprint density at radius 1 is 1.14 bits per heavy atom. The van der Waals surface area contributed by atoms with Crippen LogP contribution in [0.5, 0.6) is 0 Å². The van der Waals surface area contributed by atoms with Gasteiger partial charge >= 0.3 is 11.6 Å². The second-order valence-electron chi connectivity index (χ2n) is 6.35. The molecular formula is C21H19NO6. The highest BCUT2D eigenvalue weighted by molar-refractivity contribution is 5.98. The zero-order valence-corrected chi connectivity index (χ0v) is 15.2. The highest BCUT2D eigenvalue weighted by Gasteiger charge is 2.23. The quantitative estimate of drug-likeness (QED) is 0.609. The fourth-order valence-electron chi connectivity index (χ4n) is 2.66. The van der Waals surface area contributed by atoms with Crippen molar-refractivity contribution < 1.29 is 23.8 Å². The lowest BCUT2D eigenvalue weighted by Gasteiger charge is -2.14. The molecule has 0 aliphatic carbocycles. The number of ether oxygens (including phenoxy) is 1. The molecule has 3 aromatic rings. The molecule has 0 aliphatic heterocycles. The van der Waals surface area contributed by atoms with Gasteiger partial charge in [0.15, 0.2) is 6.04 Å². The third-order valence-electron chi connectivity index (χ3n) is 4.14. The van der Waals surface area contributed by atoms with E-state index in [0.717, 1.165) is 11.1 Å². The highest BCUT2D eigenvalue weighted by atomic mass is 16.5. The molecule has 1 unspecified atom stereocenters. The van der Waals surface area contributed by atoms with Crippen molar-refractivity contribution in [3.63, 3.8) is 0 Å². The number of carboxylic acid groups (broad SMARTS) is 1. The molecule has 0 spiro atoms. The number of hydrogen-bond acceptors (Lipinski definition) is 5. The Bertz CT molecular complexity index is 1060. The zero-order chi connectivity index (χ0) is 20.1. The van der Waals surface area contributed by atoms with Crippen LogP contribution in [0.25, 0.3) is 11.0 Å². The van der Waals surface area contributed by atoms with Crippen molar-refractivity contribution in [3.05, 3.63) is 81.7 Å². The summed E-state index contributed by atoms with van der Waals surface area (Å²) in [6.45, 7) is 1.82. The smallest absolute Gasteiger partial charge is 0.349 e. The predicted octanol–water partition coefficient (Wildman–Crippen LogP) is 2.50. The van der Waals surface area contributed by atoms with E-state index in [1.807, 2.05) is 43.3 Å². The van der Waals surface area contributed by atoms with E-state index in [1.54, 1.807) is 12.1 Å². The minimum absolute atomic E-state index is 0.206. The van der Waals surface area contributed by atoms with Gasteiger partial charge in [-0.2, -0.15) is 0 Å². The Balaban J connectivity index is 1.71. The van der Waals surface area contributed by atoms with E-state index in [2.05, 4.69) is 5.32 Å². The van der Waals surface area contributed by atoms with Gasteiger partial charge in [0.25, 0.3) is 5.91 Å². The molecule has 2 N–H and O–H groups in total. The lowest BCUT2D eigenvalue weighted by atomic mass is 10.1. The molecule has 1 aromatic heterocycles. The number of aryl methyl sites for hydroxylation is 1. The van der Waals surface area contributed by atoms with Crippen LogP contribution in [0.1, 0.15) is 21.5 Å². The van der Waals surface area contributed by atoms with E-state index in [0.29, 0.717) is 11.0 Å². The summed E-state index contributed by atoms with van der Waals surface area (Å²) < 4.78 is 10.6. The van der Waals surface area contributed by atoms with E-state index in [4.69, 9.17) is 9.15 Å². The Morgan fingerprint density at radius 2 is 1.89 bits per heavy atom. The number of nitrogens with one attached hydrogen (secondary N) is 1. The Kier molecular flexibility index (Phi) is 5.86. The van der Waals surface area contributed by atoms with Crippen LogP contribution in [0.3, 0.4) is 0 Å². The molecule has 1 heterocycles. The first kappa shape index (κ1) is 19.3. The predicted molar refractivity (Wildman–Crippen MR) is 102 cm³/mol. The lowest BCUT2D eigenvalue weighted by molar-refractivity contribution is -0.141. The average Bonchev–Trinajstić information content (AvgIpc) is 2.67. The summed E-state index contributed by atoms with van der Waals surface area (Å²) in [6, 6.07) is 14.6. The van der Waals surface area contributed by atoms with Crippen LogP contribution < -0.4 is 10.9 Å². The number of carbonyl (C=O) groups excluding carboxylic acids is 1. The number of fused-ring (bicyclic) bond motifs is 1. The number of hydrogen-bond donors (Lipinski definition) is 2. The van der Waals surface area contributed by atoms with Gasteiger partial charge in [-0.15, -0.1) is 0 Å². The van der Waals surface area contributed by atoms with Crippen LogP contribution in [-0.4, -0.2) is 29.6 Å². The van der Waals surface area contributed by atoms with Crippen LogP contribution in [-0.2, 0) is 16.1 Å². The standard InChI is InChI=1S/C21H19NO6/c1-13-7-8-15-10-16(21(26)28-18(15)9-13)19(23)22-17(20(24)25)12-27-11-14-5-3-2-4-6-14/h2-10,17H,11-12H2,1H3,(H,22,23)(H,24,25). The first-order valence-electron chi connectivity index (χ1n) is 8.64. The maximum atomic E-state index is 12.4. The normalized spacial score (nSPS) is 11.9. The van der Waals surface area contributed by atoms with Crippen LogP contribution >= 0.6 is 0 Å². The Morgan fingerprint density at radius 3 is 2.61 bits per heavy atom. The molecule has 1 amide bonds. The third-order valence-corrected chi connectivity index (χ3v) is 4.14. The second-order valence-corrected chi connectivity index (χ2v) is 6.35. The van der Waals surface area contributed by atoms with Crippen molar-refractivity contribution in [2.24, 2.45) is 0 Å². The summed E-state index contributed by atoms with van der Waals surface area (Å²) in [5.74, 6) is -2.09. The van der Waals surface area contributed by atoms with Gasteiger partial charge in [-0.3, -0.25) is 4.79 Å². The summed E-state index contributed by atoms with van der Waals surface area (Å²) in [5.41, 5.74) is 1.07. The molecule has 1 atom stereocenters. The van der Waals surface area contributed by atoms with E-state index in [-0.39, 0.29) is 18.8 Å². The minimum Gasteiger partial charge on any atom is -0.480 e. The fourth-order valence-corrected chi connectivity index (χ4v) is 2.66. The van der Waals surface area contributed by atoms with Gasteiger partial charge < -0.3 is 19.6 Å². The van der Waals surface area contributed by atoms with E-state index >= 15 is 0 Å². The maximum absolute atomic E-state index is 12.4. The number of carboxylic acids is 1. The van der Waals surface area contributed by atoms with Crippen LogP contribution in [0.2, 0.25) is 0 Å². The molecule has 28 heavy (non-hydrogen) atoms. The summed E-state index contributed by atoms with van der Waals surface area (Å²) in [4.78, 5) is 36.0. The van der Waals surface area contributed by atoms with E-state index < -0.39 is 23.5 Å². The molecule has 0 radical (unpaired) electrons. The minimum atomic E-state index is -1.30. The van der Waals surface area contributed by atoms with Gasteiger partial charge in [0, 0.05) is 5.39 Å². The summed E-state index contributed by atoms with van der Waals surface area (Å²) in [7, 11) is 0. The molecule has 2 aromatic carbocycles. The van der Waals surface area contributed by atoms with Gasteiger partial charge in [0.2, 0.25) is 0 Å². The molecular weight excluding hydrogens is 362 g/mol. The third kappa shape index (κ3) is 4.63. The first-order chi connectivity index (χ1) is 13.4. The Labute approximate surface area is 160 Å². The fraction of sp³-hybridized carbons (Fsp3) is 0.190. The summed E-state index contributed by atoms with van der Waals surface area (Å²) in [5, 5.41) is 12.2. The number of amides is 1. The van der Waals surface area contributed by atoms with Crippen molar-refractivity contribution in [3.8, 4) is 0 Å².